The molecule has 0 heterocycles. The Morgan fingerprint density at radius 2 is 1.85 bits per heavy atom. The van der Waals surface area contributed by atoms with Crippen molar-refractivity contribution in [3.05, 3.63) is 35.9 Å². The van der Waals surface area contributed by atoms with Gasteiger partial charge in [0.2, 0.25) is 5.91 Å². The summed E-state index contributed by atoms with van der Waals surface area (Å²) in [4.78, 5) is 23.4. The second-order valence-corrected chi connectivity index (χ2v) is 4.99. The lowest BCUT2D eigenvalue weighted by molar-refractivity contribution is -0.143. The lowest BCUT2D eigenvalue weighted by atomic mass is 9.87. The number of amides is 1. The number of nitrogens with one attached hydrogen (secondary N) is 1. The Kier molecular flexibility index (Phi) is 6.18. The summed E-state index contributed by atoms with van der Waals surface area (Å²) in [5.41, 5.74) is 0.876. The second-order valence-electron chi connectivity index (χ2n) is 4.99. The highest BCUT2D eigenvalue weighted by Crippen LogP contribution is 2.24. The van der Waals surface area contributed by atoms with Gasteiger partial charge in [0.15, 0.2) is 6.04 Å². The second kappa shape index (κ2) is 7.65. The maximum absolute atomic E-state index is 12.3. The van der Waals surface area contributed by atoms with E-state index in [1.165, 1.54) is 7.11 Å². The summed E-state index contributed by atoms with van der Waals surface area (Å²) in [6.45, 7) is 3.81. The van der Waals surface area contributed by atoms with Gasteiger partial charge >= 0.3 is 5.97 Å². The average molecular weight is 279 g/mol. The van der Waals surface area contributed by atoms with Gasteiger partial charge in [-0.2, -0.15) is 0 Å². The van der Waals surface area contributed by atoms with E-state index in [0.717, 1.165) is 5.56 Å². The number of carbonyl (C=O) groups is 2. The fraction of sp³-hybridized carbons (Fsp3) is 0.467. The number of carboxylic acid groups (broad SMARTS) is 1. The van der Waals surface area contributed by atoms with Crippen LogP contribution in [0.15, 0.2) is 30.3 Å². The molecule has 0 bridgehead atoms. The minimum absolute atomic E-state index is 0.0549. The molecule has 1 aromatic rings. The summed E-state index contributed by atoms with van der Waals surface area (Å²) in [5.74, 6) is -1.71. The minimum atomic E-state index is -1.10. The molecular weight excluding hydrogens is 258 g/mol. The van der Waals surface area contributed by atoms with Gasteiger partial charge in [-0.25, -0.2) is 4.79 Å². The number of benzene rings is 1. The Balaban J connectivity index is 2.87. The molecule has 5 nitrogen and oxygen atoms in total. The molecular formula is C15H21NO4. The summed E-state index contributed by atoms with van der Waals surface area (Å²) in [5, 5.41) is 11.6. The summed E-state index contributed by atoms with van der Waals surface area (Å²) in [6.07, 6.45) is 0. The van der Waals surface area contributed by atoms with E-state index in [2.05, 4.69) is 5.32 Å². The standard InChI is InChI=1S/C15H21NO4/c1-10(2)13(11-7-5-4-6-8-11)14(17)16-12(9-20-3)15(18)19/h4-8,10,12-13H,9H2,1-3H3,(H,16,17)(H,18,19). The smallest absolute Gasteiger partial charge is 0.328 e. The lowest BCUT2D eigenvalue weighted by Crippen LogP contribution is -2.46. The maximum atomic E-state index is 12.3. The van der Waals surface area contributed by atoms with Crippen molar-refractivity contribution in [1.82, 2.24) is 5.32 Å². The predicted molar refractivity (Wildman–Crippen MR) is 75.5 cm³/mol. The number of hydrogen-bond acceptors (Lipinski definition) is 3. The molecule has 2 unspecified atom stereocenters. The molecule has 0 aliphatic carbocycles. The zero-order valence-corrected chi connectivity index (χ0v) is 12.0. The van der Waals surface area contributed by atoms with Crippen LogP contribution in [0, 0.1) is 5.92 Å². The van der Waals surface area contributed by atoms with E-state index < -0.39 is 12.0 Å². The van der Waals surface area contributed by atoms with Crippen molar-refractivity contribution in [3.63, 3.8) is 0 Å². The van der Waals surface area contributed by atoms with Crippen LogP contribution in [0.25, 0.3) is 0 Å². The van der Waals surface area contributed by atoms with E-state index >= 15 is 0 Å². The lowest BCUT2D eigenvalue weighted by Gasteiger charge is -2.23. The first-order valence-electron chi connectivity index (χ1n) is 6.54. The molecule has 1 amide bonds. The van der Waals surface area contributed by atoms with E-state index in [1.807, 2.05) is 44.2 Å². The fourth-order valence-corrected chi connectivity index (χ4v) is 2.10. The van der Waals surface area contributed by atoms with Crippen LogP contribution < -0.4 is 5.32 Å². The molecule has 0 aliphatic heterocycles. The van der Waals surface area contributed by atoms with Gasteiger partial charge in [-0.15, -0.1) is 0 Å². The largest absolute Gasteiger partial charge is 0.480 e. The molecule has 110 valence electrons. The highest BCUT2D eigenvalue weighted by Gasteiger charge is 2.28. The number of methoxy groups -OCH3 is 1. The predicted octanol–water partition coefficient (Wildman–Crippen LogP) is 1.64. The van der Waals surface area contributed by atoms with Gasteiger partial charge < -0.3 is 15.2 Å². The van der Waals surface area contributed by atoms with Gasteiger partial charge in [-0.1, -0.05) is 44.2 Å². The van der Waals surface area contributed by atoms with Crippen LogP contribution in [0.4, 0.5) is 0 Å². The third kappa shape index (κ3) is 4.35. The van der Waals surface area contributed by atoms with Crippen LogP contribution in [0.5, 0.6) is 0 Å². The summed E-state index contributed by atoms with van der Waals surface area (Å²) < 4.78 is 4.82. The highest BCUT2D eigenvalue weighted by molar-refractivity contribution is 5.88. The average Bonchev–Trinajstić information content (AvgIpc) is 2.39. The van der Waals surface area contributed by atoms with Crippen LogP contribution in [0.3, 0.4) is 0 Å². The van der Waals surface area contributed by atoms with Gasteiger partial charge in [0.05, 0.1) is 12.5 Å². The van der Waals surface area contributed by atoms with Gasteiger partial charge in [-0.3, -0.25) is 4.79 Å². The van der Waals surface area contributed by atoms with E-state index in [0.29, 0.717) is 0 Å². The van der Waals surface area contributed by atoms with Crippen molar-refractivity contribution in [2.45, 2.75) is 25.8 Å². The number of aliphatic carboxylic acids is 1. The van der Waals surface area contributed by atoms with Crippen LogP contribution in [-0.4, -0.2) is 36.7 Å². The molecule has 1 aromatic carbocycles. The van der Waals surface area contributed by atoms with Gasteiger partial charge in [-0.05, 0) is 11.5 Å². The molecule has 0 spiro atoms. The van der Waals surface area contributed by atoms with Crippen molar-refractivity contribution < 1.29 is 19.4 Å². The molecule has 2 atom stereocenters. The van der Waals surface area contributed by atoms with Crippen LogP contribution >= 0.6 is 0 Å². The van der Waals surface area contributed by atoms with Gasteiger partial charge in [0.1, 0.15) is 0 Å². The molecule has 0 radical (unpaired) electrons. The number of carboxylic acids is 1. The third-order valence-corrected chi connectivity index (χ3v) is 3.06. The molecule has 2 N–H and O–H groups in total. The van der Waals surface area contributed by atoms with Crippen LogP contribution in [0.1, 0.15) is 25.3 Å². The van der Waals surface area contributed by atoms with Crippen molar-refractivity contribution in [3.8, 4) is 0 Å². The first kappa shape index (κ1) is 16.2. The molecule has 0 saturated carbocycles. The third-order valence-electron chi connectivity index (χ3n) is 3.06. The zero-order chi connectivity index (χ0) is 15.1. The number of rotatable bonds is 7. The first-order chi connectivity index (χ1) is 9.47. The van der Waals surface area contributed by atoms with E-state index in [9.17, 15) is 9.59 Å². The number of carbonyl (C=O) groups excluding carboxylic acids is 1. The van der Waals surface area contributed by atoms with Crippen molar-refractivity contribution in [2.24, 2.45) is 5.92 Å². The zero-order valence-electron chi connectivity index (χ0n) is 12.0. The van der Waals surface area contributed by atoms with Gasteiger partial charge in [0.25, 0.3) is 0 Å². The molecule has 0 aliphatic rings. The first-order valence-corrected chi connectivity index (χ1v) is 6.54. The summed E-state index contributed by atoms with van der Waals surface area (Å²) >= 11 is 0. The normalized spacial score (nSPS) is 13.8. The molecule has 0 aromatic heterocycles. The molecule has 1 rings (SSSR count). The van der Waals surface area contributed by atoms with Crippen molar-refractivity contribution >= 4 is 11.9 Å². The molecule has 0 saturated heterocycles. The van der Waals surface area contributed by atoms with E-state index in [1.54, 1.807) is 0 Å². The fourth-order valence-electron chi connectivity index (χ4n) is 2.10. The molecule has 5 heteroatoms. The SMILES string of the molecule is COCC(NC(=O)C(c1ccccc1)C(C)C)C(=O)O. The quantitative estimate of drug-likeness (QED) is 0.795. The van der Waals surface area contributed by atoms with E-state index in [4.69, 9.17) is 9.84 Å². The van der Waals surface area contributed by atoms with Crippen LogP contribution in [-0.2, 0) is 14.3 Å². The Morgan fingerprint density at radius 1 is 1.25 bits per heavy atom. The monoisotopic (exact) mass is 279 g/mol. The van der Waals surface area contributed by atoms with Crippen LogP contribution in [0.2, 0.25) is 0 Å². The number of hydrogen-bond donors (Lipinski definition) is 2. The number of ether oxygens (including phenoxy) is 1. The van der Waals surface area contributed by atoms with Gasteiger partial charge in [0, 0.05) is 7.11 Å². The topological polar surface area (TPSA) is 75.6 Å². The Morgan fingerprint density at radius 3 is 2.30 bits per heavy atom. The van der Waals surface area contributed by atoms with E-state index in [-0.39, 0.29) is 24.3 Å². The summed E-state index contributed by atoms with van der Waals surface area (Å²) in [6, 6.07) is 8.32. The maximum Gasteiger partial charge on any atom is 0.328 e. The Labute approximate surface area is 118 Å². The van der Waals surface area contributed by atoms with Crippen molar-refractivity contribution in [1.29, 1.82) is 0 Å². The van der Waals surface area contributed by atoms with Crippen molar-refractivity contribution in [2.75, 3.05) is 13.7 Å². The highest BCUT2D eigenvalue weighted by atomic mass is 16.5. The minimum Gasteiger partial charge on any atom is -0.480 e. The summed E-state index contributed by atoms with van der Waals surface area (Å²) in [7, 11) is 1.40. The Bertz CT molecular complexity index is 444. The molecule has 20 heavy (non-hydrogen) atoms. The Hall–Kier alpha value is -1.88. The molecule has 0 fully saturated rings.